The van der Waals surface area contributed by atoms with E-state index in [1.165, 1.54) is 0 Å². The lowest BCUT2D eigenvalue weighted by molar-refractivity contribution is 0.799. The fourth-order valence-corrected chi connectivity index (χ4v) is 4.41. The minimum absolute atomic E-state index is 0.306. The van der Waals surface area contributed by atoms with E-state index in [0.29, 0.717) is 5.92 Å². The van der Waals surface area contributed by atoms with Crippen LogP contribution in [0.25, 0.3) is 55.2 Å². The third kappa shape index (κ3) is 3.18. The van der Waals surface area contributed by atoms with Gasteiger partial charge in [-0.3, -0.25) is 9.97 Å². The van der Waals surface area contributed by atoms with Crippen LogP contribution in [-0.4, -0.2) is 29.9 Å². The van der Waals surface area contributed by atoms with Crippen molar-refractivity contribution in [1.82, 2.24) is 29.9 Å². The topological polar surface area (TPSA) is 83.1 Å². The predicted molar refractivity (Wildman–Crippen MR) is 133 cm³/mol. The molecule has 0 atom stereocenters. The van der Waals surface area contributed by atoms with E-state index in [1.54, 1.807) is 12.4 Å². The molecule has 3 heterocycles. The van der Waals surface area contributed by atoms with Gasteiger partial charge in [0.2, 0.25) is 0 Å². The van der Waals surface area contributed by atoms with E-state index in [9.17, 15) is 0 Å². The van der Waals surface area contributed by atoms with Gasteiger partial charge in [-0.2, -0.15) is 0 Å². The van der Waals surface area contributed by atoms with Gasteiger partial charge in [-0.25, -0.2) is 9.97 Å². The summed E-state index contributed by atoms with van der Waals surface area (Å²) in [6.45, 7) is 6.38. The number of aromatic amines is 2. The third-order valence-electron chi connectivity index (χ3n) is 6.23. The third-order valence-corrected chi connectivity index (χ3v) is 6.23. The molecule has 6 aromatic rings. The molecule has 0 saturated heterocycles. The van der Waals surface area contributed by atoms with E-state index >= 15 is 0 Å². The normalized spacial score (nSPS) is 11.9. The van der Waals surface area contributed by atoms with Crippen molar-refractivity contribution in [2.45, 2.75) is 33.1 Å². The van der Waals surface area contributed by atoms with Crippen molar-refractivity contribution in [2.75, 3.05) is 0 Å². The highest BCUT2D eigenvalue weighted by atomic mass is 14.9. The van der Waals surface area contributed by atoms with Crippen LogP contribution in [0.5, 0.6) is 0 Å². The van der Waals surface area contributed by atoms with Gasteiger partial charge in [0.25, 0.3) is 0 Å². The Morgan fingerprint density at radius 2 is 1.48 bits per heavy atom. The second-order valence-corrected chi connectivity index (χ2v) is 8.69. The molecule has 6 rings (SSSR count). The summed E-state index contributed by atoms with van der Waals surface area (Å²) in [5.74, 6) is 2.27. The van der Waals surface area contributed by atoms with Crippen molar-refractivity contribution in [1.29, 1.82) is 0 Å². The first-order chi connectivity index (χ1) is 16.1. The summed E-state index contributed by atoms with van der Waals surface area (Å²) in [6, 6.07) is 15.1. The van der Waals surface area contributed by atoms with E-state index in [1.807, 2.05) is 6.20 Å². The number of nitrogens with one attached hydrogen (secondary N) is 2. The molecular weight excluding hydrogens is 408 g/mol. The van der Waals surface area contributed by atoms with Gasteiger partial charge in [-0.05, 0) is 22.8 Å². The molecule has 2 N–H and O–H groups in total. The van der Waals surface area contributed by atoms with E-state index in [4.69, 9.17) is 9.97 Å². The van der Waals surface area contributed by atoms with Crippen molar-refractivity contribution >= 4 is 32.8 Å². The molecule has 0 aliphatic heterocycles. The van der Waals surface area contributed by atoms with Gasteiger partial charge in [-0.1, -0.05) is 57.2 Å². The number of fused-ring (bicyclic) bond motifs is 6. The summed E-state index contributed by atoms with van der Waals surface area (Å²) in [7, 11) is 0. The second kappa shape index (κ2) is 7.52. The first-order valence-corrected chi connectivity index (χ1v) is 11.3. The maximum absolute atomic E-state index is 4.91. The lowest BCUT2D eigenvalue weighted by Crippen LogP contribution is -1.89. The molecule has 0 aliphatic carbocycles. The number of nitrogens with zero attached hydrogens (tertiary/aromatic N) is 4. The summed E-state index contributed by atoms with van der Waals surface area (Å²) in [5, 5.41) is 2.15. The highest BCUT2D eigenvalue weighted by Crippen LogP contribution is 2.35. The zero-order valence-electron chi connectivity index (χ0n) is 18.8. The van der Waals surface area contributed by atoms with Crippen LogP contribution in [0.3, 0.4) is 0 Å². The minimum atomic E-state index is 0.306. The van der Waals surface area contributed by atoms with Crippen LogP contribution in [0.15, 0.2) is 61.1 Å². The molecule has 0 bridgehead atoms. The summed E-state index contributed by atoms with van der Waals surface area (Å²) < 4.78 is 0. The molecule has 6 heteroatoms. The van der Waals surface area contributed by atoms with Crippen LogP contribution in [0, 0.1) is 0 Å². The summed E-state index contributed by atoms with van der Waals surface area (Å²) in [4.78, 5) is 25.5. The van der Waals surface area contributed by atoms with Gasteiger partial charge in [-0.15, -0.1) is 0 Å². The number of H-pyrrole nitrogens is 2. The van der Waals surface area contributed by atoms with Crippen LogP contribution in [0.2, 0.25) is 0 Å². The zero-order valence-corrected chi connectivity index (χ0v) is 18.8. The fraction of sp³-hybridized carbons (Fsp3) is 0.185. The lowest BCUT2D eigenvalue weighted by atomic mass is 9.98. The van der Waals surface area contributed by atoms with Crippen LogP contribution >= 0.6 is 0 Å². The summed E-state index contributed by atoms with van der Waals surface area (Å²) in [6.07, 6.45) is 6.29. The molecule has 162 valence electrons. The Morgan fingerprint density at radius 3 is 2.21 bits per heavy atom. The molecule has 0 radical (unpaired) electrons. The SMILES string of the molecule is CCc1ncc(-c2ccc(-c3ccc4c(c3)c3nccnc3c3[nH]c(C(C)C)nc43)cc2)[nH]1. The first kappa shape index (κ1) is 19.6. The number of aryl methyl sites for hydroxylation is 1. The number of benzene rings is 3. The van der Waals surface area contributed by atoms with E-state index in [-0.39, 0.29) is 0 Å². The molecule has 0 spiro atoms. The molecule has 3 aromatic carbocycles. The van der Waals surface area contributed by atoms with Crippen LogP contribution in [0.1, 0.15) is 38.3 Å². The molecular formula is C27H24N6. The highest BCUT2D eigenvalue weighted by Gasteiger charge is 2.16. The highest BCUT2D eigenvalue weighted by molar-refractivity contribution is 6.21. The van der Waals surface area contributed by atoms with Gasteiger partial charge in [0, 0.05) is 35.5 Å². The predicted octanol–water partition coefficient (Wildman–Crippen LogP) is 6.40. The Labute approximate surface area is 191 Å². The molecule has 33 heavy (non-hydrogen) atoms. The Hall–Kier alpha value is -4.06. The number of aromatic nitrogens is 6. The monoisotopic (exact) mass is 432 g/mol. The molecule has 6 nitrogen and oxygen atoms in total. The van der Waals surface area contributed by atoms with Gasteiger partial charge < -0.3 is 9.97 Å². The number of hydrogen-bond donors (Lipinski definition) is 2. The van der Waals surface area contributed by atoms with Gasteiger partial charge in [0.1, 0.15) is 17.2 Å². The standard InChI is InChI=1S/C27H24N6/c1-4-22-30-14-21(31-22)17-7-5-16(6-8-17)18-9-10-19-20(13-18)23-25(29-12-11-28-23)26-24(19)32-27(33-26)15(2)3/h5-15H,4H2,1-3H3,(H,30,31)(H,32,33). The van der Waals surface area contributed by atoms with Gasteiger partial charge >= 0.3 is 0 Å². The molecule has 0 amide bonds. The Balaban J connectivity index is 1.51. The Bertz CT molecular complexity index is 1620. The second-order valence-electron chi connectivity index (χ2n) is 8.69. The summed E-state index contributed by atoms with van der Waals surface area (Å²) >= 11 is 0. The molecule has 0 saturated carbocycles. The molecule has 0 aliphatic rings. The van der Waals surface area contributed by atoms with Crippen molar-refractivity contribution in [2.24, 2.45) is 0 Å². The Morgan fingerprint density at radius 1 is 0.758 bits per heavy atom. The number of imidazole rings is 2. The smallest absolute Gasteiger partial charge is 0.115 e. The fourth-order valence-electron chi connectivity index (χ4n) is 4.41. The average molecular weight is 433 g/mol. The van der Waals surface area contributed by atoms with Gasteiger partial charge in [0.05, 0.1) is 28.4 Å². The number of rotatable bonds is 4. The lowest BCUT2D eigenvalue weighted by Gasteiger charge is -2.08. The van der Waals surface area contributed by atoms with Crippen molar-refractivity contribution < 1.29 is 0 Å². The quantitative estimate of drug-likeness (QED) is 0.316. The van der Waals surface area contributed by atoms with E-state index in [0.717, 1.165) is 73.3 Å². The Kier molecular flexibility index (Phi) is 4.47. The number of hydrogen-bond acceptors (Lipinski definition) is 4. The van der Waals surface area contributed by atoms with Crippen LogP contribution in [-0.2, 0) is 6.42 Å². The van der Waals surface area contributed by atoms with Crippen molar-refractivity contribution in [3.63, 3.8) is 0 Å². The average Bonchev–Trinajstić information content (AvgIpc) is 3.52. The van der Waals surface area contributed by atoms with Gasteiger partial charge in [0.15, 0.2) is 0 Å². The largest absolute Gasteiger partial charge is 0.342 e. The van der Waals surface area contributed by atoms with Crippen molar-refractivity contribution in [3.8, 4) is 22.4 Å². The molecule has 0 unspecified atom stereocenters. The molecule has 0 fully saturated rings. The van der Waals surface area contributed by atoms with Crippen LogP contribution in [0.4, 0.5) is 0 Å². The minimum Gasteiger partial charge on any atom is -0.342 e. The summed E-state index contributed by atoms with van der Waals surface area (Å²) in [5.41, 5.74) is 8.12. The van der Waals surface area contributed by atoms with Crippen molar-refractivity contribution in [3.05, 3.63) is 72.7 Å². The van der Waals surface area contributed by atoms with E-state index in [2.05, 4.69) is 83.2 Å². The van der Waals surface area contributed by atoms with E-state index < -0.39 is 0 Å². The molecule has 3 aromatic heterocycles. The van der Waals surface area contributed by atoms with Crippen LogP contribution < -0.4 is 0 Å². The maximum Gasteiger partial charge on any atom is 0.115 e. The first-order valence-electron chi connectivity index (χ1n) is 11.3. The maximum atomic E-state index is 4.91. The zero-order chi connectivity index (χ0) is 22.5.